The first-order valence-electron chi connectivity index (χ1n) is 6.55. The SMILES string of the molecule is Cc1ccccc1OC[C@@H](O)CN1CCNCC1. The summed E-state index contributed by atoms with van der Waals surface area (Å²) in [5, 5.41) is 13.3. The Balaban J connectivity index is 1.74. The van der Waals surface area contributed by atoms with Crippen LogP contribution in [-0.4, -0.2) is 55.4 Å². The fourth-order valence-electron chi connectivity index (χ4n) is 2.15. The number of hydrogen-bond donors (Lipinski definition) is 2. The van der Waals surface area contributed by atoms with Gasteiger partial charge in [0.15, 0.2) is 0 Å². The monoisotopic (exact) mass is 250 g/mol. The minimum absolute atomic E-state index is 0.356. The van der Waals surface area contributed by atoms with Gasteiger partial charge in [-0.25, -0.2) is 0 Å². The molecule has 1 aromatic carbocycles. The molecule has 18 heavy (non-hydrogen) atoms. The average molecular weight is 250 g/mol. The quantitative estimate of drug-likeness (QED) is 0.805. The Morgan fingerprint density at radius 3 is 2.78 bits per heavy atom. The van der Waals surface area contributed by atoms with Gasteiger partial charge >= 0.3 is 0 Å². The lowest BCUT2D eigenvalue weighted by molar-refractivity contribution is 0.0639. The zero-order valence-electron chi connectivity index (χ0n) is 10.9. The lowest BCUT2D eigenvalue weighted by atomic mass is 10.2. The van der Waals surface area contributed by atoms with Crippen molar-refractivity contribution in [2.75, 3.05) is 39.3 Å². The first kappa shape index (κ1) is 13.3. The van der Waals surface area contributed by atoms with Gasteiger partial charge in [0.05, 0.1) is 0 Å². The fourth-order valence-corrected chi connectivity index (χ4v) is 2.15. The number of rotatable bonds is 5. The van der Waals surface area contributed by atoms with Crippen molar-refractivity contribution in [1.29, 1.82) is 0 Å². The third-order valence-corrected chi connectivity index (χ3v) is 3.20. The van der Waals surface area contributed by atoms with Crippen LogP contribution in [0.25, 0.3) is 0 Å². The van der Waals surface area contributed by atoms with E-state index in [1.165, 1.54) is 0 Å². The van der Waals surface area contributed by atoms with E-state index in [9.17, 15) is 5.11 Å². The average Bonchev–Trinajstić information content (AvgIpc) is 2.39. The molecule has 1 aliphatic heterocycles. The topological polar surface area (TPSA) is 44.7 Å². The molecule has 1 atom stereocenters. The van der Waals surface area contributed by atoms with Crippen LogP contribution in [0.2, 0.25) is 0 Å². The highest BCUT2D eigenvalue weighted by Crippen LogP contribution is 2.16. The number of benzene rings is 1. The van der Waals surface area contributed by atoms with Gasteiger partial charge in [-0.2, -0.15) is 0 Å². The molecule has 4 heteroatoms. The summed E-state index contributed by atoms with van der Waals surface area (Å²) < 4.78 is 5.65. The van der Waals surface area contributed by atoms with Gasteiger partial charge in [-0.1, -0.05) is 18.2 Å². The maximum Gasteiger partial charge on any atom is 0.122 e. The first-order chi connectivity index (χ1) is 8.75. The molecule has 0 saturated carbocycles. The molecule has 2 N–H and O–H groups in total. The van der Waals surface area contributed by atoms with Crippen molar-refractivity contribution < 1.29 is 9.84 Å². The highest BCUT2D eigenvalue weighted by atomic mass is 16.5. The lowest BCUT2D eigenvalue weighted by Crippen LogP contribution is -2.47. The number of aliphatic hydroxyl groups is 1. The Kier molecular flexibility index (Phi) is 4.99. The van der Waals surface area contributed by atoms with Crippen LogP contribution in [0.4, 0.5) is 0 Å². The summed E-state index contributed by atoms with van der Waals surface area (Å²) in [5.41, 5.74) is 1.10. The molecule has 2 rings (SSSR count). The third kappa shape index (κ3) is 3.98. The minimum atomic E-state index is -0.428. The molecule has 4 nitrogen and oxygen atoms in total. The summed E-state index contributed by atoms with van der Waals surface area (Å²) in [6, 6.07) is 7.88. The van der Waals surface area contributed by atoms with Crippen LogP contribution in [0, 0.1) is 6.92 Å². The van der Waals surface area contributed by atoms with E-state index in [4.69, 9.17) is 4.74 Å². The molecule has 1 saturated heterocycles. The normalized spacial score (nSPS) is 18.6. The number of piperazine rings is 1. The standard InChI is InChI=1S/C14H22N2O2/c1-12-4-2-3-5-14(12)18-11-13(17)10-16-8-6-15-7-9-16/h2-5,13,15,17H,6-11H2,1H3/t13-/m0/s1. The Labute approximate surface area is 109 Å². The van der Waals surface area contributed by atoms with Crippen LogP contribution in [0.5, 0.6) is 5.75 Å². The summed E-state index contributed by atoms with van der Waals surface area (Å²) in [5.74, 6) is 0.858. The van der Waals surface area contributed by atoms with Gasteiger partial charge in [-0.15, -0.1) is 0 Å². The van der Waals surface area contributed by atoms with Crippen molar-refractivity contribution in [3.63, 3.8) is 0 Å². The number of hydrogen-bond acceptors (Lipinski definition) is 4. The van der Waals surface area contributed by atoms with Gasteiger partial charge < -0.3 is 15.2 Å². The van der Waals surface area contributed by atoms with E-state index >= 15 is 0 Å². The molecule has 1 aromatic rings. The molecule has 0 radical (unpaired) electrons. The lowest BCUT2D eigenvalue weighted by Gasteiger charge is -2.29. The van der Waals surface area contributed by atoms with Crippen molar-refractivity contribution >= 4 is 0 Å². The van der Waals surface area contributed by atoms with Gasteiger partial charge in [0.25, 0.3) is 0 Å². The number of aryl methyl sites for hydroxylation is 1. The second kappa shape index (κ2) is 6.73. The van der Waals surface area contributed by atoms with Crippen molar-refractivity contribution in [1.82, 2.24) is 10.2 Å². The van der Waals surface area contributed by atoms with Crippen LogP contribution in [0.1, 0.15) is 5.56 Å². The molecule has 0 amide bonds. The molecule has 1 aliphatic rings. The van der Waals surface area contributed by atoms with E-state index < -0.39 is 6.10 Å². The molecule has 1 heterocycles. The number of ether oxygens (including phenoxy) is 1. The maximum atomic E-state index is 9.97. The summed E-state index contributed by atoms with van der Waals surface area (Å²) in [7, 11) is 0. The second-order valence-electron chi connectivity index (χ2n) is 4.78. The first-order valence-corrected chi connectivity index (χ1v) is 6.55. The van der Waals surface area contributed by atoms with Crippen molar-refractivity contribution in [3.05, 3.63) is 29.8 Å². The van der Waals surface area contributed by atoms with Gasteiger partial charge in [0.1, 0.15) is 18.5 Å². The molecule has 1 fully saturated rings. The van der Waals surface area contributed by atoms with Crippen LogP contribution < -0.4 is 10.1 Å². The molecule has 0 aliphatic carbocycles. The molecule has 0 bridgehead atoms. The van der Waals surface area contributed by atoms with Crippen molar-refractivity contribution in [3.8, 4) is 5.75 Å². The van der Waals surface area contributed by atoms with E-state index in [1.54, 1.807) is 0 Å². The van der Waals surface area contributed by atoms with E-state index in [2.05, 4.69) is 10.2 Å². The van der Waals surface area contributed by atoms with Crippen LogP contribution >= 0.6 is 0 Å². The highest BCUT2D eigenvalue weighted by molar-refractivity contribution is 5.31. The summed E-state index contributed by atoms with van der Waals surface area (Å²) in [6.45, 7) is 7.07. The maximum absolute atomic E-state index is 9.97. The molecule has 0 unspecified atom stereocenters. The predicted octanol–water partition coefficient (Wildman–Crippen LogP) is 0.640. The number of aliphatic hydroxyl groups excluding tert-OH is 1. The minimum Gasteiger partial charge on any atom is -0.491 e. The third-order valence-electron chi connectivity index (χ3n) is 3.20. The number of nitrogens with one attached hydrogen (secondary N) is 1. The number of β-amino-alcohol motifs (C(OH)–C–C–N with tert-alkyl or cyclic N) is 1. The van der Waals surface area contributed by atoms with E-state index in [-0.39, 0.29) is 0 Å². The number of nitrogens with zero attached hydrogens (tertiary/aromatic N) is 1. The van der Waals surface area contributed by atoms with E-state index in [0.717, 1.165) is 37.5 Å². The Morgan fingerprint density at radius 2 is 2.06 bits per heavy atom. The molecule has 100 valence electrons. The smallest absolute Gasteiger partial charge is 0.122 e. The van der Waals surface area contributed by atoms with Gasteiger partial charge in [-0.3, -0.25) is 4.90 Å². The van der Waals surface area contributed by atoms with Crippen LogP contribution in [0.15, 0.2) is 24.3 Å². The van der Waals surface area contributed by atoms with Crippen molar-refractivity contribution in [2.24, 2.45) is 0 Å². The Bertz CT molecular complexity index is 365. The zero-order valence-corrected chi connectivity index (χ0v) is 10.9. The number of para-hydroxylation sites is 1. The fraction of sp³-hybridized carbons (Fsp3) is 0.571. The summed E-state index contributed by atoms with van der Waals surface area (Å²) in [4.78, 5) is 2.27. The molecule has 0 aromatic heterocycles. The van der Waals surface area contributed by atoms with Crippen LogP contribution in [0.3, 0.4) is 0 Å². The van der Waals surface area contributed by atoms with E-state index in [1.807, 2.05) is 31.2 Å². The van der Waals surface area contributed by atoms with Gasteiger partial charge in [0, 0.05) is 32.7 Å². The van der Waals surface area contributed by atoms with Gasteiger partial charge in [0.2, 0.25) is 0 Å². The molecular formula is C14H22N2O2. The molecule has 0 spiro atoms. The van der Waals surface area contributed by atoms with Crippen LogP contribution in [-0.2, 0) is 0 Å². The van der Waals surface area contributed by atoms with Gasteiger partial charge in [-0.05, 0) is 18.6 Å². The zero-order chi connectivity index (χ0) is 12.8. The highest BCUT2D eigenvalue weighted by Gasteiger charge is 2.14. The largest absolute Gasteiger partial charge is 0.491 e. The summed E-state index contributed by atoms with van der Waals surface area (Å²) in [6.07, 6.45) is -0.428. The second-order valence-corrected chi connectivity index (χ2v) is 4.78. The Morgan fingerprint density at radius 1 is 1.33 bits per heavy atom. The van der Waals surface area contributed by atoms with E-state index in [0.29, 0.717) is 13.2 Å². The summed E-state index contributed by atoms with van der Waals surface area (Å²) >= 11 is 0. The Hall–Kier alpha value is -1.10. The van der Waals surface area contributed by atoms with Crippen molar-refractivity contribution in [2.45, 2.75) is 13.0 Å². The molecular weight excluding hydrogens is 228 g/mol. The predicted molar refractivity (Wildman–Crippen MR) is 72.0 cm³/mol.